The molecule has 144 valence electrons. The Morgan fingerprint density at radius 1 is 1.22 bits per heavy atom. The second kappa shape index (κ2) is 6.66. The Labute approximate surface area is 159 Å². The lowest BCUT2D eigenvalue weighted by Gasteiger charge is -2.31. The fourth-order valence-electron chi connectivity index (χ4n) is 5.07. The van der Waals surface area contributed by atoms with Crippen molar-refractivity contribution in [1.82, 2.24) is 9.80 Å². The molecule has 2 bridgehead atoms. The van der Waals surface area contributed by atoms with Gasteiger partial charge in [0.2, 0.25) is 17.7 Å². The molecule has 0 N–H and O–H groups in total. The lowest BCUT2D eigenvalue weighted by atomic mass is 9.75. The van der Waals surface area contributed by atoms with Gasteiger partial charge in [0.25, 0.3) is 0 Å². The molecule has 1 aliphatic carbocycles. The van der Waals surface area contributed by atoms with Gasteiger partial charge in [0.05, 0.1) is 12.5 Å². The molecular formula is C21H26N2O4. The molecule has 0 radical (unpaired) electrons. The number of rotatable bonds is 4. The van der Waals surface area contributed by atoms with Crippen molar-refractivity contribution in [3.63, 3.8) is 0 Å². The first-order chi connectivity index (χ1) is 12.9. The molecule has 1 aromatic carbocycles. The monoisotopic (exact) mass is 370 g/mol. The Morgan fingerprint density at radius 3 is 2.56 bits per heavy atom. The van der Waals surface area contributed by atoms with Crippen LogP contribution in [0.4, 0.5) is 0 Å². The van der Waals surface area contributed by atoms with Crippen molar-refractivity contribution < 1.29 is 19.1 Å². The average Bonchev–Trinajstić information content (AvgIpc) is 3.10. The Balaban J connectivity index is 1.65. The van der Waals surface area contributed by atoms with E-state index >= 15 is 0 Å². The molecule has 3 aliphatic rings. The maximum atomic E-state index is 13.2. The van der Waals surface area contributed by atoms with E-state index in [0.29, 0.717) is 23.3 Å². The van der Waals surface area contributed by atoms with Crippen LogP contribution in [0.5, 0.6) is 5.75 Å². The van der Waals surface area contributed by atoms with Crippen LogP contribution in [0, 0.1) is 5.92 Å². The Hall–Kier alpha value is -2.37. The van der Waals surface area contributed by atoms with Crippen molar-refractivity contribution in [2.75, 3.05) is 20.7 Å². The summed E-state index contributed by atoms with van der Waals surface area (Å²) in [5, 5.41) is 0. The number of hydrogen-bond acceptors (Lipinski definition) is 4. The van der Waals surface area contributed by atoms with E-state index in [1.165, 1.54) is 24.8 Å². The summed E-state index contributed by atoms with van der Waals surface area (Å²) >= 11 is 0. The number of nitrogens with zero attached hydrogens (tertiary/aromatic N) is 2. The molecule has 4 rings (SSSR count). The number of carbonyl (C=O) groups excluding carboxylic acids is 3. The van der Waals surface area contributed by atoms with E-state index in [9.17, 15) is 14.4 Å². The zero-order chi connectivity index (χ0) is 19.2. The highest BCUT2D eigenvalue weighted by Crippen LogP contribution is 2.42. The van der Waals surface area contributed by atoms with Gasteiger partial charge in [0.1, 0.15) is 5.75 Å². The zero-order valence-corrected chi connectivity index (χ0v) is 15.9. The van der Waals surface area contributed by atoms with Crippen molar-refractivity contribution in [2.45, 2.75) is 50.0 Å². The van der Waals surface area contributed by atoms with Crippen LogP contribution in [0.15, 0.2) is 24.3 Å². The van der Waals surface area contributed by atoms with Gasteiger partial charge in [-0.05, 0) is 42.9 Å². The third-order valence-corrected chi connectivity index (χ3v) is 6.61. The number of amides is 3. The van der Waals surface area contributed by atoms with Crippen molar-refractivity contribution in [1.29, 1.82) is 0 Å². The standard InChI is InChI=1S/C21H26N2O4/c1-22-18(24)11-21(20(22)26,15-6-8-17(27-2)9-7-15)12-19(25)23-13-14-4-3-5-16(23)10-14/h6-9,14,16H,3-5,10-13H2,1-2H3/t14-,16-,21-/m0/s1. The van der Waals surface area contributed by atoms with Gasteiger partial charge in [0, 0.05) is 32.5 Å². The van der Waals surface area contributed by atoms with Gasteiger partial charge >= 0.3 is 0 Å². The second-order valence-corrected chi connectivity index (χ2v) is 8.15. The quantitative estimate of drug-likeness (QED) is 0.762. The summed E-state index contributed by atoms with van der Waals surface area (Å²) in [7, 11) is 3.08. The minimum Gasteiger partial charge on any atom is -0.497 e. The highest BCUT2D eigenvalue weighted by Gasteiger charge is 2.53. The number of imide groups is 1. The number of hydrogen-bond donors (Lipinski definition) is 0. The molecule has 0 unspecified atom stereocenters. The second-order valence-electron chi connectivity index (χ2n) is 8.15. The number of likely N-dealkylation sites (tertiary alicyclic amines) is 2. The number of fused-ring (bicyclic) bond motifs is 2. The Morgan fingerprint density at radius 2 is 1.96 bits per heavy atom. The third-order valence-electron chi connectivity index (χ3n) is 6.61. The lowest BCUT2D eigenvalue weighted by molar-refractivity contribution is -0.141. The van der Waals surface area contributed by atoms with Crippen LogP contribution in [0.1, 0.15) is 44.1 Å². The van der Waals surface area contributed by atoms with Crippen molar-refractivity contribution in [2.24, 2.45) is 5.92 Å². The van der Waals surface area contributed by atoms with E-state index in [0.717, 1.165) is 19.4 Å². The van der Waals surface area contributed by atoms with Crippen LogP contribution < -0.4 is 4.74 Å². The maximum absolute atomic E-state index is 13.2. The van der Waals surface area contributed by atoms with Crippen LogP contribution >= 0.6 is 0 Å². The van der Waals surface area contributed by atoms with E-state index in [1.54, 1.807) is 31.4 Å². The first-order valence-corrected chi connectivity index (χ1v) is 9.69. The molecule has 2 heterocycles. The fourth-order valence-corrected chi connectivity index (χ4v) is 5.07. The van der Waals surface area contributed by atoms with Gasteiger partial charge < -0.3 is 9.64 Å². The zero-order valence-electron chi connectivity index (χ0n) is 15.9. The topological polar surface area (TPSA) is 66.9 Å². The average molecular weight is 370 g/mol. The number of benzene rings is 1. The van der Waals surface area contributed by atoms with Gasteiger partial charge in [0.15, 0.2) is 0 Å². The van der Waals surface area contributed by atoms with Crippen LogP contribution in [0.25, 0.3) is 0 Å². The minimum absolute atomic E-state index is 0.00309. The normalized spacial score (nSPS) is 30.1. The molecule has 3 fully saturated rings. The molecule has 0 aromatic heterocycles. The van der Waals surface area contributed by atoms with Crippen LogP contribution in [-0.2, 0) is 19.8 Å². The van der Waals surface area contributed by atoms with E-state index < -0.39 is 5.41 Å². The minimum atomic E-state index is -1.11. The van der Waals surface area contributed by atoms with E-state index in [2.05, 4.69) is 0 Å². The number of likely N-dealkylation sites (N-methyl/N-ethyl adjacent to an activating group) is 1. The molecule has 2 saturated heterocycles. The summed E-state index contributed by atoms with van der Waals surface area (Å²) in [5.74, 6) is 0.751. The Kier molecular flexibility index (Phi) is 4.44. The van der Waals surface area contributed by atoms with Gasteiger partial charge in [-0.25, -0.2) is 0 Å². The predicted octanol–water partition coefficient (Wildman–Crippen LogP) is 2.11. The summed E-state index contributed by atoms with van der Waals surface area (Å²) in [4.78, 5) is 41.8. The van der Waals surface area contributed by atoms with Crippen LogP contribution in [-0.4, -0.2) is 54.3 Å². The summed E-state index contributed by atoms with van der Waals surface area (Å²) in [6.45, 7) is 0.792. The third kappa shape index (κ3) is 2.91. The summed E-state index contributed by atoms with van der Waals surface area (Å²) in [6, 6.07) is 7.47. The molecule has 0 spiro atoms. The fraction of sp³-hybridized carbons (Fsp3) is 0.571. The number of methoxy groups -OCH3 is 1. The maximum Gasteiger partial charge on any atom is 0.240 e. The number of carbonyl (C=O) groups is 3. The molecule has 3 amide bonds. The van der Waals surface area contributed by atoms with Crippen molar-refractivity contribution in [3.8, 4) is 5.75 Å². The van der Waals surface area contributed by atoms with Gasteiger partial charge in [-0.15, -0.1) is 0 Å². The molecule has 27 heavy (non-hydrogen) atoms. The van der Waals surface area contributed by atoms with E-state index in [4.69, 9.17) is 4.74 Å². The highest BCUT2D eigenvalue weighted by molar-refractivity contribution is 6.10. The van der Waals surface area contributed by atoms with E-state index in [1.807, 2.05) is 4.90 Å². The van der Waals surface area contributed by atoms with Crippen molar-refractivity contribution >= 4 is 17.7 Å². The predicted molar refractivity (Wildman–Crippen MR) is 99.1 cm³/mol. The molecule has 2 aliphatic heterocycles. The van der Waals surface area contributed by atoms with Gasteiger partial charge in [-0.2, -0.15) is 0 Å². The van der Waals surface area contributed by atoms with Crippen LogP contribution in [0.3, 0.4) is 0 Å². The summed E-state index contributed by atoms with van der Waals surface area (Å²) < 4.78 is 5.21. The first kappa shape index (κ1) is 18.0. The SMILES string of the molecule is COc1ccc([C@@]2(CC(=O)N3C[C@H]4CCC[C@H]3C4)CC(=O)N(C)C2=O)cc1. The first-order valence-electron chi connectivity index (χ1n) is 9.69. The number of ether oxygens (including phenoxy) is 1. The van der Waals surface area contributed by atoms with E-state index in [-0.39, 0.29) is 30.6 Å². The highest BCUT2D eigenvalue weighted by atomic mass is 16.5. The largest absolute Gasteiger partial charge is 0.497 e. The molecule has 1 saturated carbocycles. The lowest BCUT2D eigenvalue weighted by Crippen LogP contribution is -2.44. The van der Waals surface area contributed by atoms with Crippen LogP contribution in [0.2, 0.25) is 0 Å². The molecule has 6 heteroatoms. The molecule has 3 atom stereocenters. The smallest absolute Gasteiger partial charge is 0.240 e. The van der Waals surface area contributed by atoms with Gasteiger partial charge in [-0.3, -0.25) is 19.3 Å². The Bertz CT molecular complexity index is 775. The molecule has 6 nitrogen and oxygen atoms in total. The summed E-state index contributed by atoms with van der Waals surface area (Å²) in [5.41, 5.74) is -0.396. The molecular weight excluding hydrogens is 344 g/mol. The molecule has 1 aromatic rings. The summed E-state index contributed by atoms with van der Waals surface area (Å²) in [6.07, 6.45) is 4.57. The van der Waals surface area contributed by atoms with Crippen molar-refractivity contribution in [3.05, 3.63) is 29.8 Å². The van der Waals surface area contributed by atoms with Gasteiger partial charge in [-0.1, -0.05) is 18.6 Å².